The van der Waals surface area contributed by atoms with Crippen molar-refractivity contribution in [1.82, 2.24) is 0 Å². The van der Waals surface area contributed by atoms with Gasteiger partial charge in [-0.1, -0.05) is 21.1 Å². The molecule has 0 atom stereocenters. The predicted molar refractivity (Wildman–Crippen MR) is 73.0 cm³/mol. The van der Waals surface area contributed by atoms with Gasteiger partial charge in [-0.3, -0.25) is 0 Å². The fourth-order valence-electron chi connectivity index (χ4n) is 1.63. The van der Waals surface area contributed by atoms with Crippen molar-refractivity contribution in [2.75, 3.05) is 31.2 Å². The van der Waals surface area contributed by atoms with E-state index in [0.29, 0.717) is 24.3 Å². The second-order valence-corrected chi connectivity index (χ2v) is 4.50. The molecule has 0 saturated carbocycles. The minimum atomic E-state index is -0.0534. The highest BCUT2D eigenvalue weighted by Crippen LogP contribution is 2.25. The Labute approximate surface area is 113 Å². The molecular formula is C11H16BrN3O3. The Morgan fingerprint density at radius 1 is 1.28 bits per heavy atom. The average molecular weight is 318 g/mol. The molecule has 0 heterocycles. The van der Waals surface area contributed by atoms with Crippen molar-refractivity contribution in [2.45, 2.75) is 0 Å². The largest absolute Gasteiger partial charge is 0.409 e. The number of benzene rings is 1. The summed E-state index contributed by atoms with van der Waals surface area (Å²) in [4.78, 5) is 1.76. The van der Waals surface area contributed by atoms with Gasteiger partial charge in [-0.2, -0.15) is 0 Å². The zero-order valence-corrected chi connectivity index (χ0v) is 11.3. The first-order chi connectivity index (χ1) is 8.63. The summed E-state index contributed by atoms with van der Waals surface area (Å²) in [5.74, 6) is -0.0154. The van der Waals surface area contributed by atoms with Gasteiger partial charge in [-0.25, -0.2) is 0 Å². The van der Waals surface area contributed by atoms with Gasteiger partial charge in [0, 0.05) is 28.8 Å². The summed E-state index contributed by atoms with van der Waals surface area (Å²) < 4.78 is 0.827. The standard InChI is InChI=1S/C11H16BrN3O3/c12-8-1-2-9(11(13)14-18)10(7-8)15(3-5-16)4-6-17/h1-2,7,16-18H,3-6H2,(H2,13,14). The smallest absolute Gasteiger partial charge is 0.172 e. The minimum Gasteiger partial charge on any atom is -0.409 e. The topological polar surface area (TPSA) is 102 Å². The maximum atomic E-state index is 9.03. The second kappa shape index (κ2) is 7.20. The van der Waals surface area contributed by atoms with Crippen molar-refractivity contribution >= 4 is 27.5 Å². The van der Waals surface area contributed by atoms with E-state index < -0.39 is 0 Å². The molecule has 0 aliphatic carbocycles. The lowest BCUT2D eigenvalue weighted by molar-refractivity contribution is 0.281. The molecular weight excluding hydrogens is 302 g/mol. The van der Waals surface area contributed by atoms with Crippen LogP contribution in [-0.4, -0.2) is 47.6 Å². The first-order valence-electron chi connectivity index (χ1n) is 5.38. The Kier molecular flexibility index (Phi) is 5.90. The van der Waals surface area contributed by atoms with E-state index in [2.05, 4.69) is 21.1 Å². The fourth-order valence-corrected chi connectivity index (χ4v) is 1.98. The number of hydrogen-bond acceptors (Lipinski definition) is 5. The van der Waals surface area contributed by atoms with Gasteiger partial charge in [0.2, 0.25) is 0 Å². The maximum absolute atomic E-state index is 9.03. The molecule has 7 heteroatoms. The molecule has 0 amide bonds. The van der Waals surface area contributed by atoms with Crippen LogP contribution in [0.25, 0.3) is 0 Å². The number of oxime groups is 1. The number of nitrogens with two attached hydrogens (primary N) is 1. The van der Waals surface area contributed by atoms with Gasteiger partial charge in [0.15, 0.2) is 5.84 Å². The van der Waals surface area contributed by atoms with Gasteiger partial charge in [0.05, 0.1) is 13.2 Å². The van der Waals surface area contributed by atoms with Crippen LogP contribution >= 0.6 is 15.9 Å². The summed E-state index contributed by atoms with van der Waals surface area (Å²) in [7, 11) is 0. The quantitative estimate of drug-likeness (QED) is 0.262. The maximum Gasteiger partial charge on any atom is 0.172 e. The van der Waals surface area contributed by atoms with Gasteiger partial charge in [0.1, 0.15) is 0 Å². The van der Waals surface area contributed by atoms with Crippen molar-refractivity contribution in [2.24, 2.45) is 10.9 Å². The molecule has 0 aromatic heterocycles. The van der Waals surface area contributed by atoms with E-state index in [9.17, 15) is 0 Å². The summed E-state index contributed by atoms with van der Waals surface area (Å²) in [6.07, 6.45) is 0. The Morgan fingerprint density at radius 2 is 1.89 bits per heavy atom. The number of aliphatic hydroxyl groups is 2. The number of anilines is 1. The molecule has 0 saturated heterocycles. The molecule has 0 aliphatic heterocycles. The van der Waals surface area contributed by atoms with Gasteiger partial charge in [-0.15, -0.1) is 0 Å². The van der Waals surface area contributed by atoms with Crippen LogP contribution in [-0.2, 0) is 0 Å². The third-order valence-corrected chi connectivity index (χ3v) is 2.92. The lowest BCUT2D eigenvalue weighted by atomic mass is 10.1. The molecule has 0 aliphatic rings. The highest BCUT2D eigenvalue weighted by atomic mass is 79.9. The zero-order chi connectivity index (χ0) is 13.5. The summed E-state index contributed by atoms with van der Waals surface area (Å²) >= 11 is 3.34. The monoisotopic (exact) mass is 317 g/mol. The van der Waals surface area contributed by atoms with Crippen LogP contribution in [0.5, 0.6) is 0 Å². The Morgan fingerprint density at radius 3 is 2.39 bits per heavy atom. The van der Waals surface area contributed by atoms with Crippen molar-refractivity contribution < 1.29 is 15.4 Å². The molecule has 6 nitrogen and oxygen atoms in total. The van der Waals surface area contributed by atoms with Gasteiger partial charge in [-0.05, 0) is 18.2 Å². The number of amidine groups is 1. The van der Waals surface area contributed by atoms with E-state index in [-0.39, 0.29) is 19.0 Å². The normalized spacial score (nSPS) is 11.6. The van der Waals surface area contributed by atoms with Gasteiger partial charge in [0.25, 0.3) is 0 Å². The molecule has 0 radical (unpaired) electrons. The molecule has 0 spiro atoms. The van der Waals surface area contributed by atoms with E-state index in [1.54, 1.807) is 23.1 Å². The van der Waals surface area contributed by atoms with Gasteiger partial charge >= 0.3 is 0 Å². The summed E-state index contributed by atoms with van der Waals surface area (Å²) in [5, 5.41) is 29.8. The zero-order valence-electron chi connectivity index (χ0n) is 9.75. The highest BCUT2D eigenvalue weighted by Gasteiger charge is 2.14. The number of aliphatic hydroxyl groups excluding tert-OH is 2. The Bertz CT molecular complexity index is 420. The average Bonchev–Trinajstić information content (AvgIpc) is 2.37. The Balaban J connectivity index is 3.20. The summed E-state index contributed by atoms with van der Waals surface area (Å²) in [6, 6.07) is 5.27. The number of hydrogen-bond donors (Lipinski definition) is 4. The third-order valence-electron chi connectivity index (χ3n) is 2.42. The van der Waals surface area contributed by atoms with Crippen molar-refractivity contribution in [3.63, 3.8) is 0 Å². The van der Waals surface area contributed by atoms with Crippen molar-refractivity contribution in [3.8, 4) is 0 Å². The van der Waals surface area contributed by atoms with E-state index in [4.69, 9.17) is 21.2 Å². The SMILES string of the molecule is N/C(=N/O)c1ccc(Br)cc1N(CCO)CCO. The lowest BCUT2D eigenvalue weighted by Gasteiger charge is -2.25. The molecule has 18 heavy (non-hydrogen) atoms. The molecule has 0 fully saturated rings. The van der Waals surface area contributed by atoms with E-state index in [1.807, 2.05) is 0 Å². The van der Waals surface area contributed by atoms with Crippen LogP contribution in [0.1, 0.15) is 5.56 Å². The van der Waals surface area contributed by atoms with Crippen LogP contribution in [0.2, 0.25) is 0 Å². The molecule has 1 rings (SSSR count). The lowest BCUT2D eigenvalue weighted by Crippen LogP contribution is -2.32. The van der Waals surface area contributed by atoms with Crippen LogP contribution in [0.15, 0.2) is 27.8 Å². The van der Waals surface area contributed by atoms with Crippen LogP contribution in [0, 0.1) is 0 Å². The first kappa shape index (κ1) is 14.7. The van der Waals surface area contributed by atoms with E-state index in [0.717, 1.165) is 4.47 Å². The van der Waals surface area contributed by atoms with E-state index >= 15 is 0 Å². The highest BCUT2D eigenvalue weighted by molar-refractivity contribution is 9.10. The van der Waals surface area contributed by atoms with Crippen LogP contribution in [0.3, 0.4) is 0 Å². The minimum absolute atomic E-state index is 0.0154. The van der Waals surface area contributed by atoms with E-state index in [1.165, 1.54) is 0 Å². The third kappa shape index (κ3) is 3.59. The van der Waals surface area contributed by atoms with Crippen molar-refractivity contribution in [3.05, 3.63) is 28.2 Å². The van der Waals surface area contributed by atoms with Gasteiger partial charge < -0.3 is 26.1 Å². The second-order valence-electron chi connectivity index (χ2n) is 3.58. The molecule has 1 aromatic carbocycles. The predicted octanol–water partition coefficient (Wildman–Crippen LogP) is 0.335. The molecule has 1 aromatic rings. The number of nitrogens with zero attached hydrogens (tertiary/aromatic N) is 2. The van der Waals surface area contributed by atoms with Crippen molar-refractivity contribution in [1.29, 1.82) is 0 Å². The molecule has 100 valence electrons. The van der Waals surface area contributed by atoms with Crippen LogP contribution < -0.4 is 10.6 Å². The fraction of sp³-hybridized carbons (Fsp3) is 0.364. The van der Waals surface area contributed by atoms with Crippen LogP contribution in [0.4, 0.5) is 5.69 Å². The summed E-state index contributed by atoms with van der Waals surface area (Å²) in [5.41, 5.74) is 6.84. The number of halogens is 1. The Hall–Kier alpha value is -1.31. The molecule has 0 unspecified atom stereocenters. The first-order valence-corrected chi connectivity index (χ1v) is 6.17. The molecule has 5 N–H and O–H groups in total. The number of rotatable bonds is 6. The molecule has 0 bridgehead atoms. The summed E-state index contributed by atoms with van der Waals surface area (Å²) in [6.45, 7) is 0.593.